The van der Waals surface area contributed by atoms with E-state index in [4.69, 9.17) is 27.6 Å². The van der Waals surface area contributed by atoms with Crippen LogP contribution in [0.5, 0.6) is 0 Å². The number of halogens is 2. The molecule has 1 saturated heterocycles. The molecule has 4 heterocycles. The first-order valence-electron chi connectivity index (χ1n) is 10.1. The average Bonchev–Trinajstić information content (AvgIpc) is 3.27. The minimum absolute atomic E-state index is 0.317. The minimum Gasteiger partial charge on any atom is -0.419 e. The fraction of sp³-hybridized carbons (Fsp3) is 0.400. The molecule has 0 aliphatic carbocycles. The number of allylic oxidation sites excluding steroid dienone is 1. The number of benzene rings is 1. The summed E-state index contributed by atoms with van der Waals surface area (Å²) in [4.78, 5) is 2.25. The quantitative estimate of drug-likeness (QED) is 0.568. The summed E-state index contributed by atoms with van der Waals surface area (Å²) in [5.41, 5.74) is 9.11. The Morgan fingerprint density at radius 1 is 1.10 bits per heavy atom. The van der Waals surface area contributed by atoms with Gasteiger partial charge in [0, 0.05) is 35.6 Å². The summed E-state index contributed by atoms with van der Waals surface area (Å²) >= 11 is 12.6. The Hall–Kier alpha value is -2.42. The van der Waals surface area contributed by atoms with E-state index in [-0.39, 0.29) is 0 Å². The van der Waals surface area contributed by atoms with Gasteiger partial charge in [-0.3, -0.25) is 10.9 Å². The Morgan fingerprint density at radius 3 is 2.83 bits per heavy atom. The first kappa shape index (κ1) is 19.5. The van der Waals surface area contributed by atoms with Crippen molar-refractivity contribution in [3.05, 3.63) is 63.2 Å². The van der Waals surface area contributed by atoms with Crippen LogP contribution < -0.4 is 21.5 Å². The van der Waals surface area contributed by atoms with Gasteiger partial charge in [-0.1, -0.05) is 23.2 Å². The Morgan fingerprint density at radius 2 is 1.97 bits per heavy atom. The summed E-state index contributed by atoms with van der Waals surface area (Å²) in [7, 11) is 0. The van der Waals surface area contributed by atoms with E-state index in [0.29, 0.717) is 34.3 Å². The molecule has 1 fully saturated rings. The molecular formula is C20H23Cl2N7O. The Labute approximate surface area is 184 Å². The number of hydrogen-bond donors (Lipinski definition) is 4. The van der Waals surface area contributed by atoms with E-state index in [0.717, 1.165) is 61.8 Å². The molecule has 10 heteroatoms. The lowest BCUT2D eigenvalue weighted by atomic mass is 9.98. The van der Waals surface area contributed by atoms with E-state index in [1.807, 2.05) is 18.2 Å². The number of hydrazine groups is 1. The van der Waals surface area contributed by atoms with Crippen LogP contribution in [0.25, 0.3) is 5.70 Å². The summed E-state index contributed by atoms with van der Waals surface area (Å²) in [5, 5.41) is 16.7. The second-order valence-corrected chi connectivity index (χ2v) is 8.47. The van der Waals surface area contributed by atoms with E-state index in [1.165, 1.54) is 0 Å². The van der Waals surface area contributed by atoms with Crippen molar-refractivity contribution < 1.29 is 4.42 Å². The third kappa shape index (κ3) is 3.95. The monoisotopic (exact) mass is 447 g/mol. The maximum atomic E-state index is 6.39. The third-order valence-corrected chi connectivity index (χ3v) is 6.22. The molecule has 1 aromatic carbocycles. The molecule has 0 radical (unpaired) electrons. The van der Waals surface area contributed by atoms with Crippen molar-refractivity contribution in [2.24, 2.45) is 0 Å². The molecular weight excluding hydrogens is 425 g/mol. The molecule has 0 unspecified atom stereocenters. The van der Waals surface area contributed by atoms with Crippen molar-refractivity contribution in [3.8, 4) is 0 Å². The second kappa shape index (κ2) is 8.37. The van der Waals surface area contributed by atoms with Gasteiger partial charge in [-0.05, 0) is 55.8 Å². The Bertz CT molecular complexity index is 997. The zero-order chi connectivity index (χ0) is 20.5. The Balaban J connectivity index is 1.39. The van der Waals surface area contributed by atoms with E-state index in [9.17, 15) is 0 Å². The summed E-state index contributed by atoms with van der Waals surface area (Å²) in [6, 6.07) is 5.55. The lowest BCUT2D eigenvalue weighted by Gasteiger charge is -2.36. The van der Waals surface area contributed by atoms with Crippen molar-refractivity contribution >= 4 is 28.9 Å². The van der Waals surface area contributed by atoms with Crippen LogP contribution in [-0.4, -0.2) is 41.3 Å². The van der Waals surface area contributed by atoms with Crippen molar-refractivity contribution in [1.29, 1.82) is 0 Å². The number of rotatable bonds is 4. The average molecular weight is 448 g/mol. The van der Waals surface area contributed by atoms with Crippen LogP contribution in [0.4, 0.5) is 0 Å². The SMILES string of the molecule is Clc1ccc(Cl)c(CN2CCNC3=C2C=C(c2nnc(C4CCNCC4)o2)NN3)c1. The van der Waals surface area contributed by atoms with Gasteiger partial charge in [0.1, 0.15) is 11.5 Å². The van der Waals surface area contributed by atoms with Crippen molar-refractivity contribution in [2.75, 3.05) is 26.2 Å². The first-order chi connectivity index (χ1) is 14.7. The molecule has 4 N–H and O–H groups in total. The van der Waals surface area contributed by atoms with Gasteiger partial charge in [-0.2, -0.15) is 0 Å². The predicted molar refractivity (Wildman–Crippen MR) is 115 cm³/mol. The zero-order valence-corrected chi connectivity index (χ0v) is 17.9. The number of nitrogens with one attached hydrogen (secondary N) is 4. The number of hydrogen-bond acceptors (Lipinski definition) is 8. The van der Waals surface area contributed by atoms with Crippen LogP contribution in [0.15, 0.2) is 40.2 Å². The van der Waals surface area contributed by atoms with Crippen LogP contribution in [0.2, 0.25) is 10.0 Å². The van der Waals surface area contributed by atoms with Gasteiger partial charge in [0.25, 0.3) is 5.89 Å². The fourth-order valence-corrected chi connectivity index (χ4v) is 4.36. The van der Waals surface area contributed by atoms with Crippen molar-refractivity contribution in [1.82, 2.24) is 36.6 Å². The molecule has 8 nitrogen and oxygen atoms in total. The van der Waals surface area contributed by atoms with Crippen molar-refractivity contribution in [2.45, 2.75) is 25.3 Å². The molecule has 1 aromatic heterocycles. The molecule has 5 rings (SSSR count). The van der Waals surface area contributed by atoms with E-state index < -0.39 is 0 Å². The molecule has 0 spiro atoms. The predicted octanol–water partition coefficient (Wildman–Crippen LogP) is 2.57. The summed E-state index contributed by atoms with van der Waals surface area (Å²) < 4.78 is 6.01. The van der Waals surface area contributed by atoms with Gasteiger partial charge in [0.15, 0.2) is 0 Å². The zero-order valence-electron chi connectivity index (χ0n) is 16.3. The van der Waals surface area contributed by atoms with Gasteiger partial charge in [-0.25, -0.2) is 0 Å². The molecule has 2 aromatic rings. The van der Waals surface area contributed by atoms with E-state index in [2.05, 4.69) is 36.6 Å². The molecule has 3 aliphatic rings. The van der Waals surface area contributed by atoms with E-state index in [1.54, 1.807) is 6.07 Å². The normalized spacial score (nSPS) is 19.5. The highest BCUT2D eigenvalue weighted by molar-refractivity contribution is 6.33. The van der Waals surface area contributed by atoms with E-state index >= 15 is 0 Å². The fourth-order valence-electron chi connectivity index (χ4n) is 3.99. The number of nitrogens with zero attached hydrogens (tertiary/aromatic N) is 3. The topological polar surface area (TPSA) is 90.3 Å². The van der Waals surface area contributed by atoms with Gasteiger partial charge in [0.05, 0.1) is 5.70 Å². The maximum Gasteiger partial charge on any atom is 0.265 e. The second-order valence-electron chi connectivity index (χ2n) is 7.62. The molecule has 30 heavy (non-hydrogen) atoms. The van der Waals surface area contributed by atoms with Gasteiger partial charge >= 0.3 is 0 Å². The molecule has 158 valence electrons. The Kier molecular flexibility index (Phi) is 5.45. The molecule has 0 amide bonds. The highest BCUT2D eigenvalue weighted by Gasteiger charge is 2.27. The standard InChI is InChI=1S/C20H23Cl2N7O/c21-14-1-2-15(22)13(9-14)11-29-8-7-24-18-17(29)10-16(25-26-18)20-28-27-19(30-20)12-3-5-23-6-4-12/h1-2,9-10,12,23-26H,3-8,11H2. The summed E-state index contributed by atoms with van der Waals surface area (Å²) in [6.45, 7) is 4.25. The first-order valence-corrected chi connectivity index (χ1v) is 10.9. The van der Waals surface area contributed by atoms with Crippen LogP contribution in [0.3, 0.4) is 0 Å². The van der Waals surface area contributed by atoms with Gasteiger partial charge in [0.2, 0.25) is 5.89 Å². The smallest absolute Gasteiger partial charge is 0.265 e. The molecule has 0 bridgehead atoms. The highest BCUT2D eigenvalue weighted by Crippen LogP contribution is 2.29. The maximum absolute atomic E-state index is 6.39. The van der Waals surface area contributed by atoms with Crippen LogP contribution in [0, 0.1) is 0 Å². The summed E-state index contributed by atoms with van der Waals surface area (Å²) in [5.74, 6) is 2.41. The summed E-state index contributed by atoms with van der Waals surface area (Å²) in [6.07, 6.45) is 4.05. The number of piperidine rings is 1. The van der Waals surface area contributed by atoms with Crippen LogP contribution in [0.1, 0.15) is 36.1 Å². The molecule has 3 aliphatic heterocycles. The number of aromatic nitrogens is 2. The highest BCUT2D eigenvalue weighted by atomic mass is 35.5. The lowest BCUT2D eigenvalue weighted by Crippen LogP contribution is -2.48. The lowest BCUT2D eigenvalue weighted by molar-refractivity contribution is 0.308. The molecule has 0 saturated carbocycles. The van der Waals surface area contributed by atoms with Crippen LogP contribution in [-0.2, 0) is 6.54 Å². The third-order valence-electron chi connectivity index (χ3n) is 5.61. The van der Waals surface area contributed by atoms with Gasteiger partial charge in [-0.15, -0.1) is 10.2 Å². The largest absolute Gasteiger partial charge is 0.419 e. The van der Waals surface area contributed by atoms with Crippen molar-refractivity contribution in [3.63, 3.8) is 0 Å². The van der Waals surface area contributed by atoms with Gasteiger partial charge < -0.3 is 20.0 Å². The molecule has 0 atom stereocenters. The minimum atomic E-state index is 0.317. The van der Waals surface area contributed by atoms with Crippen LogP contribution >= 0.6 is 23.2 Å².